The van der Waals surface area contributed by atoms with Crippen molar-refractivity contribution >= 4 is 0 Å². The van der Waals surface area contributed by atoms with Crippen LogP contribution in [0.2, 0.25) is 0 Å². The second-order valence-corrected chi connectivity index (χ2v) is 4.39. The van der Waals surface area contributed by atoms with Crippen molar-refractivity contribution in [3.05, 3.63) is 0 Å². The van der Waals surface area contributed by atoms with Crippen LogP contribution in [0.5, 0.6) is 0 Å². The molecule has 5 heteroatoms. The Morgan fingerprint density at radius 2 is 2.29 bits per heavy atom. The molecule has 1 aliphatic rings. The molecule has 84 valence electrons. The first-order valence-corrected chi connectivity index (χ1v) is 5.09. The van der Waals surface area contributed by atoms with Gasteiger partial charge in [0.15, 0.2) is 0 Å². The molecule has 0 bridgehead atoms. The number of nitrogens with one attached hydrogen (secondary N) is 1. The fourth-order valence-corrected chi connectivity index (χ4v) is 2.26. The molecule has 0 aromatic carbocycles. The largest absolute Gasteiger partial charge is 0.393 e. The molecule has 4 atom stereocenters. The van der Waals surface area contributed by atoms with Crippen molar-refractivity contribution in [3.8, 4) is 0 Å². The highest BCUT2D eigenvalue weighted by Crippen LogP contribution is 2.30. The molecule has 1 rings (SSSR count). The lowest BCUT2D eigenvalue weighted by atomic mass is 9.74. The standard InChI is InChI=1S/C9H21N3O2/c1-6(13)5-9(12-11)3-2-7(14)4-8(9)10/h6-8,12-14H,2-5,10-11H2,1H3. The van der Waals surface area contributed by atoms with Crippen molar-refractivity contribution in [2.24, 2.45) is 11.6 Å². The summed E-state index contributed by atoms with van der Waals surface area (Å²) in [5, 5.41) is 18.8. The first-order valence-electron chi connectivity index (χ1n) is 5.09. The van der Waals surface area contributed by atoms with E-state index < -0.39 is 11.6 Å². The van der Waals surface area contributed by atoms with Gasteiger partial charge in [-0.1, -0.05) is 0 Å². The van der Waals surface area contributed by atoms with Gasteiger partial charge in [-0.2, -0.15) is 0 Å². The van der Waals surface area contributed by atoms with E-state index in [1.165, 1.54) is 0 Å². The maximum absolute atomic E-state index is 9.43. The van der Waals surface area contributed by atoms with Crippen LogP contribution in [0, 0.1) is 0 Å². The molecule has 0 radical (unpaired) electrons. The first kappa shape index (κ1) is 11.9. The van der Waals surface area contributed by atoms with E-state index in [0.29, 0.717) is 25.7 Å². The van der Waals surface area contributed by atoms with Gasteiger partial charge >= 0.3 is 0 Å². The van der Waals surface area contributed by atoms with Gasteiger partial charge in [-0.05, 0) is 32.6 Å². The average Bonchev–Trinajstić information content (AvgIpc) is 2.10. The molecule has 14 heavy (non-hydrogen) atoms. The van der Waals surface area contributed by atoms with Crippen LogP contribution in [0.4, 0.5) is 0 Å². The molecule has 0 aromatic rings. The zero-order chi connectivity index (χ0) is 10.8. The summed E-state index contributed by atoms with van der Waals surface area (Å²) in [5.74, 6) is 5.50. The first-order chi connectivity index (χ1) is 6.50. The van der Waals surface area contributed by atoms with Gasteiger partial charge in [-0.3, -0.25) is 11.3 Å². The smallest absolute Gasteiger partial charge is 0.0556 e. The van der Waals surface area contributed by atoms with Crippen molar-refractivity contribution < 1.29 is 10.2 Å². The van der Waals surface area contributed by atoms with Gasteiger partial charge in [0.1, 0.15) is 0 Å². The molecule has 4 unspecified atom stereocenters. The molecule has 1 aliphatic carbocycles. The fourth-order valence-electron chi connectivity index (χ4n) is 2.26. The van der Waals surface area contributed by atoms with E-state index >= 15 is 0 Å². The number of rotatable bonds is 3. The maximum Gasteiger partial charge on any atom is 0.0556 e. The summed E-state index contributed by atoms with van der Waals surface area (Å²) in [6, 6.07) is -0.203. The minimum absolute atomic E-state index is 0.203. The fraction of sp³-hybridized carbons (Fsp3) is 1.00. The van der Waals surface area contributed by atoms with Crippen molar-refractivity contribution in [3.63, 3.8) is 0 Å². The van der Waals surface area contributed by atoms with Gasteiger partial charge in [0.25, 0.3) is 0 Å². The summed E-state index contributed by atoms with van der Waals surface area (Å²) in [6.07, 6.45) is 1.68. The minimum atomic E-state index is -0.438. The molecule has 1 fully saturated rings. The van der Waals surface area contributed by atoms with Crippen LogP contribution in [-0.4, -0.2) is 34.0 Å². The lowest BCUT2D eigenvalue weighted by Gasteiger charge is -2.44. The average molecular weight is 203 g/mol. The van der Waals surface area contributed by atoms with E-state index in [0.717, 1.165) is 0 Å². The maximum atomic E-state index is 9.43. The summed E-state index contributed by atoms with van der Waals surface area (Å²) in [5.41, 5.74) is 8.25. The molecular formula is C9H21N3O2. The predicted molar refractivity (Wildman–Crippen MR) is 54.2 cm³/mol. The lowest BCUT2D eigenvalue weighted by Crippen LogP contribution is -2.64. The van der Waals surface area contributed by atoms with E-state index in [-0.39, 0.29) is 12.1 Å². The van der Waals surface area contributed by atoms with Crippen molar-refractivity contribution in [1.82, 2.24) is 5.43 Å². The highest BCUT2D eigenvalue weighted by Gasteiger charge is 2.41. The molecule has 5 nitrogen and oxygen atoms in total. The molecule has 0 spiro atoms. The Bertz CT molecular complexity index is 189. The number of hydrogen-bond acceptors (Lipinski definition) is 5. The monoisotopic (exact) mass is 203 g/mol. The second-order valence-electron chi connectivity index (χ2n) is 4.39. The third-order valence-corrected chi connectivity index (χ3v) is 3.11. The number of nitrogens with two attached hydrogens (primary N) is 2. The van der Waals surface area contributed by atoms with Crippen LogP contribution >= 0.6 is 0 Å². The van der Waals surface area contributed by atoms with Gasteiger partial charge in [-0.15, -0.1) is 0 Å². The Hall–Kier alpha value is -0.200. The minimum Gasteiger partial charge on any atom is -0.393 e. The summed E-state index contributed by atoms with van der Waals surface area (Å²) in [6.45, 7) is 1.72. The number of hydrazine groups is 1. The van der Waals surface area contributed by atoms with E-state index in [4.69, 9.17) is 11.6 Å². The number of aliphatic hydroxyl groups excluding tert-OH is 2. The van der Waals surface area contributed by atoms with Crippen LogP contribution in [0.1, 0.15) is 32.6 Å². The lowest BCUT2D eigenvalue weighted by molar-refractivity contribution is 0.0386. The number of hydrogen-bond donors (Lipinski definition) is 5. The van der Waals surface area contributed by atoms with Crippen LogP contribution in [0.25, 0.3) is 0 Å². The molecule has 7 N–H and O–H groups in total. The zero-order valence-electron chi connectivity index (χ0n) is 8.61. The topological polar surface area (TPSA) is 105 Å². The third-order valence-electron chi connectivity index (χ3n) is 3.11. The normalized spacial score (nSPS) is 40.9. The second kappa shape index (κ2) is 4.55. The van der Waals surface area contributed by atoms with Crippen molar-refractivity contribution in [2.45, 2.75) is 56.4 Å². The third kappa shape index (κ3) is 2.43. The molecule has 0 saturated heterocycles. The highest BCUT2D eigenvalue weighted by atomic mass is 16.3. The van der Waals surface area contributed by atoms with Crippen LogP contribution in [0.15, 0.2) is 0 Å². The molecule has 0 heterocycles. The van der Waals surface area contributed by atoms with Gasteiger partial charge in [0.05, 0.1) is 12.2 Å². The Morgan fingerprint density at radius 1 is 1.64 bits per heavy atom. The van der Waals surface area contributed by atoms with E-state index in [9.17, 15) is 10.2 Å². The van der Waals surface area contributed by atoms with Gasteiger partial charge in [-0.25, -0.2) is 0 Å². The van der Waals surface area contributed by atoms with Crippen molar-refractivity contribution in [2.75, 3.05) is 0 Å². The highest BCUT2D eigenvalue weighted by molar-refractivity contribution is 5.01. The summed E-state index contributed by atoms with van der Waals surface area (Å²) in [4.78, 5) is 0. The summed E-state index contributed by atoms with van der Waals surface area (Å²) < 4.78 is 0. The summed E-state index contributed by atoms with van der Waals surface area (Å²) in [7, 11) is 0. The molecule has 0 aromatic heterocycles. The Kier molecular flexibility index (Phi) is 3.86. The molecule has 0 amide bonds. The molecular weight excluding hydrogens is 182 g/mol. The van der Waals surface area contributed by atoms with Gasteiger partial charge < -0.3 is 15.9 Å². The zero-order valence-corrected chi connectivity index (χ0v) is 8.61. The predicted octanol–water partition coefficient (Wildman–Crippen LogP) is -1.17. The Morgan fingerprint density at radius 3 is 2.71 bits per heavy atom. The molecule has 0 aliphatic heterocycles. The van der Waals surface area contributed by atoms with Crippen LogP contribution in [0.3, 0.4) is 0 Å². The Labute approximate surface area is 84.4 Å². The SMILES string of the molecule is CC(O)CC1(NN)CCC(O)CC1N. The van der Waals surface area contributed by atoms with E-state index in [2.05, 4.69) is 5.43 Å². The van der Waals surface area contributed by atoms with Crippen LogP contribution in [-0.2, 0) is 0 Å². The Balaban J connectivity index is 2.67. The van der Waals surface area contributed by atoms with E-state index in [1.807, 2.05) is 0 Å². The van der Waals surface area contributed by atoms with Gasteiger partial charge in [0, 0.05) is 11.6 Å². The quantitative estimate of drug-likeness (QED) is 0.294. The summed E-state index contributed by atoms with van der Waals surface area (Å²) >= 11 is 0. The molecule has 1 saturated carbocycles. The number of aliphatic hydroxyl groups is 2. The van der Waals surface area contributed by atoms with Crippen LogP contribution < -0.4 is 17.0 Å². The van der Waals surface area contributed by atoms with E-state index in [1.54, 1.807) is 6.92 Å². The van der Waals surface area contributed by atoms with Gasteiger partial charge in [0.2, 0.25) is 0 Å². The van der Waals surface area contributed by atoms with Crippen molar-refractivity contribution in [1.29, 1.82) is 0 Å².